The fourth-order valence-electron chi connectivity index (χ4n) is 0.270. The van der Waals surface area contributed by atoms with E-state index in [9.17, 15) is 0 Å². The van der Waals surface area contributed by atoms with Crippen molar-refractivity contribution in [2.75, 3.05) is 17.6 Å². The summed E-state index contributed by atoms with van der Waals surface area (Å²) in [4.78, 5) is 21.6. The molecule has 14 heteroatoms. The molecule has 3 atom stereocenters. The van der Waals surface area contributed by atoms with Crippen LogP contribution < -0.4 is 0 Å². The van der Waals surface area contributed by atoms with Gasteiger partial charge in [0, 0.05) is 17.6 Å². The molecule has 0 bridgehead atoms. The largest absolute Gasteiger partial charge is 0.466 e. The molecule has 0 heterocycles. The SMILES string of the molecule is O=P(O)(O)O.OC(Br)CCCl.OC(Br)CCCl.OC(Br)CCCl. The molecule has 0 aliphatic rings. The fraction of sp³-hybridized carbons (Fsp3) is 1.00. The summed E-state index contributed by atoms with van der Waals surface area (Å²) in [6.45, 7) is 0. The number of aliphatic hydroxyl groups excluding tert-OH is 3. The fourth-order valence-corrected chi connectivity index (χ4v) is 2.37. The molecule has 0 aromatic rings. The van der Waals surface area contributed by atoms with Crippen molar-refractivity contribution in [2.24, 2.45) is 0 Å². The number of phosphoric acid groups is 1. The van der Waals surface area contributed by atoms with Gasteiger partial charge in [-0.25, -0.2) is 4.57 Å². The van der Waals surface area contributed by atoms with Crippen LogP contribution in [0.2, 0.25) is 0 Å². The lowest BCUT2D eigenvalue weighted by Gasteiger charge is -1.92. The number of halogens is 6. The molecule has 0 saturated heterocycles. The zero-order valence-corrected chi connectivity index (χ0v) is 19.7. The first-order valence-electron chi connectivity index (χ1n) is 5.74. The second kappa shape index (κ2) is 24.3. The van der Waals surface area contributed by atoms with Crippen molar-refractivity contribution in [1.82, 2.24) is 0 Å². The van der Waals surface area contributed by atoms with Gasteiger partial charge in [0.2, 0.25) is 0 Å². The lowest BCUT2D eigenvalue weighted by molar-refractivity contribution is 0.267. The summed E-state index contributed by atoms with van der Waals surface area (Å²) in [7, 11) is -4.64. The molecule has 0 aromatic carbocycles. The number of hydrogen-bond donors (Lipinski definition) is 6. The Morgan fingerprint density at radius 1 is 0.696 bits per heavy atom. The number of alkyl halides is 6. The molecule has 0 aliphatic heterocycles. The van der Waals surface area contributed by atoms with Crippen LogP contribution in [-0.2, 0) is 4.57 Å². The molecule has 0 fully saturated rings. The molecular weight excluding hydrogens is 597 g/mol. The van der Waals surface area contributed by atoms with Gasteiger partial charge in [0.05, 0.1) is 0 Å². The lowest BCUT2D eigenvalue weighted by Crippen LogP contribution is -1.93. The summed E-state index contributed by atoms with van der Waals surface area (Å²) in [6.07, 6.45) is 1.84. The zero-order valence-electron chi connectivity index (χ0n) is 11.8. The molecule has 3 unspecified atom stereocenters. The quantitative estimate of drug-likeness (QED) is 0.199. The van der Waals surface area contributed by atoms with Gasteiger partial charge in [0.25, 0.3) is 0 Å². The first kappa shape index (κ1) is 32.9. The van der Waals surface area contributed by atoms with E-state index in [2.05, 4.69) is 47.8 Å². The van der Waals surface area contributed by atoms with E-state index in [1.165, 1.54) is 0 Å². The molecule has 0 saturated carbocycles. The standard InChI is InChI=1S/3C3H6BrClO.H3O4P/c3*4-3(6)1-2-5;1-5(2,3)4/h3*3,6H,1-2H2;(H3,1,2,3,4). The monoisotopic (exact) mass is 614 g/mol. The summed E-state index contributed by atoms with van der Waals surface area (Å²) in [6, 6.07) is 0. The third-order valence-electron chi connectivity index (χ3n) is 1.04. The highest BCUT2D eigenvalue weighted by Crippen LogP contribution is 2.25. The average molecular weight is 618 g/mol. The van der Waals surface area contributed by atoms with Gasteiger partial charge >= 0.3 is 7.82 Å². The van der Waals surface area contributed by atoms with Crippen molar-refractivity contribution in [3.63, 3.8) is 0 Å². The van der Waals surface area contributed by atoms with E-state index in [0.717, 1.165) is 0 Å². The van der Waals surface area contributed by atoms with Crippen LogP contribution in [0.5, 0.6) is 0 Å². The summed E-state index contributed by atoms with van der Waals surface area (Å²) in [5, 5.41) is 23.9. The Morgan fingerprint density at radius 3 is 0.826 bits per heavy atom. The van der Waals surface area contributed by atoms with Crippen molar-refractivity contribution in [1.29, 1.82) is 0 Å². The molecule has 7 nitrogen and oxygen atoms in total. The maximum Gasteiger partial charge on any atom is 0.466 e. The minimum Gasteiger partial charge on any atom is -0.382 e. The lowest BCUT2D eigenvalue weighted by atomic mass is 10.5. The van der Waals surface area contributed by atoms with E-state index >= 15 is 0 Å². The second-order valence-corrected chi connectivity index (χ2v) is 8.58. The van der Waals surface area contributed by atoms with E-state index in [1.807, 2.05) is 0 Å². The molecule has 0 rings (SSSR count). The molecule has 0 spiro atoms. The van der Waals surface area contributed by atoms with Crippen LogP contribution >= 0.6 is 90.4 Å². The Bertz CT molecular complexity index is 229. The van der Waals surface area contributed by atoms with Crippen LogP contribution in [0.3, 0.4) is 0 Å². The van der Waals surface area contributed by atoms with Gasteiger partial charge in [-0.15, -0.1) is 34.8 Å². The maximum atomic E-state index is 8.88. The third kappa shape index (κ3) is 94.6. The molecule has 146 valence electrons. The third-order valence-corrected chi connectivity index (χ3v) is 3.07. The highest BCUT2D eigenvalue weighted by molar-refractivity contribution is 9.09. The number of hydrogen-bond acceptors (Lipinski definition) is 4. The van der Waals surface area contributed by atoms with Gasteiger partial charge in [0.15, 0.2) is 0 Å². The molecule has 0 radical (unpaired) electrons. The zero-order chi connectivity index (χ0) is 19.5. The Hall–Kier alpha value is 2.30. The van der Waals surface area contributed by atoms with Crippen molar-refractivity contribution in [3.8, 4) is 0 Å². The molecule has 0 amide bonds. The van der Waals surface area contributed by atoms with Crippen LogP contribution in [0.1, 0.15) is 19.3 Å². The summed E-state index contributed by atoms with van der Waals surface area (Å²) < 4.78 is 8.88. The van der Waals surface area contributed by atoms with E-state index < -0.39 is 22.9 Å². The van der Waals surface area contributed by atoms with Crippen LogP contribution in [0.4, 0.5) is 0 Å². The van der Waals surface area contributed by atoms with E-state index in [1.54, 1.807) is 0 Å². The van der Waals surface area contributed by atoms with Crippen LogP contribution in [0, 0.1) is 0 Å². The highest BCUT2D eigenvalue weighted by Gasteiger charge is 2.00. The first-order chi connectivity index (χ1) is 10.3. The Kier molecular flexibility index (Phi) is 34.8. The van der Waals surface area contributed by atoms with Crippen molar-refractivity contribution in [3.05, 3.63) is 0 Å². The van der Waals surface area contributed by atoms with Gasteiger partial charge in [-0.05, 0) is 19.3 Å². The normalized spacial score (nSPS) is 13.9. The molecule has 0 aromatic heterocycles. The van der Waals surface area contributed by atoms with Gasteiger partial charge in [-0.3, -0.25) is 0 Å². The first-order valence-corrected chi connectivity index (χ1v) is 11.7. The van der Waals surface area contributed by atoms with E-state index in [0.29, 0.717) is 36.9 Å². The van der Waals surface area contributed by atoms with Crippen molar-refractivity contribution >= 4 is 90.4 Å². The van der Waals surface area contributed by atoms with Gasteiger partial charge in [0.1, 0.15) is 15.0 Å². The van der Waals surface area contributed by atoms with Gasteiger partial charge < -0.3 is 30.0 Å². The van der Waals surface area contributed by atoms with Crippen LogP contribution in [-0.4, -0.2) is 62.7 Å². The summed E-state index contributed by atoms with van der Waals surface area (Å²) in [5.74, 6) is 1.52. The summed E-state index contributed by atoms with van der Waals surface area (Å²) >= 11 is 24.3. The Labute approximate surface area is 176 Å². The number of aliphatic hydroxyl groups is 3. The van der Waals surface area contributed by atoms with Crippen LogP contribution in [0.15, 0.2) is 0 Å². The Morgan fingerprint density at radius 2 is 0.826 bits per heavy atom. The smallest absolute Gasteiger partial charge is 0.382 e. The molecule has 6 N–H and O–H groups in total. The minimum absolute atomic E-state index is 0.421. The topological polar surface area (TPSA) is 138 Å². The molecular formula is C9H21Br3Cl3O7P. The van der Waals surface area contributed by atoms with Gasteiger partial charge in [-0.2, -0.15) is 0 Å². The molecule has 0 aliphatic carbocycles. The van der Waals surface area contributed by atoms with E-state index in [4.69, 9.17) is 69.4 Å². The highest BCUT2D eigenvalue weighted by atomic mass is 79.9. The number of rotatable bonds is 6. The minimum atomic E-state index is -4.64. The van der Waals surface area contributed by atoms with Crippen molar-refractivity contribution < 1.29 is 34.6 Å². The Balaban J connectivity index is -0.000000105. The van der Waals surface area contributed by atoms with E-state index in [-0.39, 0.29) is 0 Å². The second-order valence-electron chi connectivity index (χ2n) is 3.25. The van der Waals surface area contributed by atoms with Gasteiger partial charge in [-0.1, -0.05) is 47.8 Å². The maximum absolute atomic E-state index is 8.88. The van der Waals surface area contributed by atoms with Crippen LogP contribution in [0.25, 0.3) is 0 Å². The average Bonchev–Trinajstić information content (AvgIpc) is 2.27. The predicted molar refractivity (Wildman–Crippen MR) is 105 cm³/mol. The molecule has 23 heavy (non-hydrogen) atoms. The summed E-state index contributed by atoms with van der Waals surface area (Å²) in [5.41, 5.74) is 0. The predicted octanol–water partition coefficient (Wildman–Crippen LogP) is 3.06. The van der Waals surface area contributed by atoms with Crippen molar-refractivity contribution in [2.45, 2.75) is 34.3 Å².